The molecular weight excluding hydrogens is 424 g/mol. The molecular formula is C26H27F2N3O2. The van der Waals surface area contributed by atoms with Gasteiger partial charge in [0, 0.05) is 48.5 Å². The smallest absolute Gasteiger partial charge is 0.248 e. The summed E-state index contributed by atoms with van der Waals surface area (Å²) in [6, 6.07) is 9.86. The lowest BCUT2D eigenvalue weighted by atomic mass is 9.87. The number of aliphatic hydroxyl groups excluding tert-OH is 1. The topological polar surface area (TPSA) is 64.1 Å². The first-order chi connectivity index (χ1) is 15.8. The van der Waals surface area contributed by atoms with Crippen molar-refractivity contribution >= 4 is 11.0 Å². The molecule has 1 aliphatic rings. The molecule has 0 radical (unpaired) electrons. The second kappa shape index (κ2) is 8.37. The third-order valence-electron chi connectivity index (χ3n) is 6.78. The van der Waals surface area contributed by atoms with Crippen molar-refractivity contribution in [1.82, 2.24) is 14.7 Å². The first-order valence-electron chi connectivity index (χ1n) is 11.3. The van der Waals surface area contributed by atoms with E-state index in [1.807, 2.05) is 44.3 Å². The highest BCUT2D eigenvalue weighted by molar-refractivity contribution is 5.95. The monoisotopic (exact) mass is 451 g/mol. The number of benzene rings is 1. The van der Waals surface area contributed by atoms with Gasteiger partial charge in [0.2, 0.25) is 5.92 Å². The van der Waals surface area contributed by atoms with Crippen molar-refractivity contribution in [3.63, 3.8) is 0 Å². The van der Waals surface area contributed by atoms with Gasteiger partial charge in [0.15, 0.2) is 0 Å². The van der Waals surface area contributed by atoms with E-state index in [9.17, 15) is 13.9 Å². The van der Waals surface area contributed by atoms with Crippen LogP contribution in [0.3, 0.4) is 0 Å². The Morgan fingerprint density at radius 3 is 2.48 bits per heavy atom. The van der Waals surface area contributed by atoms with Crippen LogP contribution in [0.15, 0.2) is 47.2 Å². The second-order valence-corrected chi connectivity index (χ2v) is 9.14. The summed E-state index contributed by atoms with van der Waals surface area (Å²) in [5, 5.41) is 13.4. The number of hydrogen-bond acceptors (Lipinski definition) is 4. The molecule has 4 aromatic rings. The van der Waals surface area contributed by atoms with Gasteiger partial charge >= 0.3 is 0 Å². The van der Waals surface area contributed by atoms with Crippen molar-refractivity contribution in [3.05, 3.63) is 59.7 Å². The van der Waals surface area contributed by atoms with Crippen molar-refractivity contribution in [1.29, 1.82) is 0 Å². The SMILES string of the molecule is Cc1noc(C)c1-c1cnc2c(-c3ccc(CO)cc3)cn(CC3CCC(F)(F)CC3)c2c1. The van der Waals surface area contributed by atoms with Crippen LogP contribution in [0.2, 0.25) is 0 Å². The fraction of sp³-hybridized carbons (Fsp3) is 0.385. The molecule has 0 unspecified atom stereocenters. The largest absolute Gasteiger partial charge is 0.392 e. The molecule has 172 valence electrons. The van der Waals surface area contributed by atoms with Gasteiger partial charge in [-0.1, -0.05) is 29.4 Å². The number of aliphatic hydroxyl groups is 1. The lowest BCUT2D eigenvalue weighted by molar-refractivity contribution is -0.0472. The molecule has 1 aromatic carbocycles. The van der Waals surface area contributed by atoms with Crippen LogP contribution in [0.4, 0.5) is 8.78 Å². The Bertz CT molecular complexity index is 1260. The van der Waals surface area contributed by atoms with Gasteiger partial charge in [-0.3, -0.25) is 4.98 Å². The van der Waals surface area contributed by atoms with Gasteiger partial charge in [-0.15, -0.1) is 0 Å². The van der Waals surface area contributed by atoms with E-state index in [2.05, 4.69) is 22.0 Å². The Morgan fingerprint density at radius 2 is 1.85 bits per heavy atom. The molecule has 5 nitrogen and oxygen atoms in total. The van der Waals surface area contributed by atoms with E-state index in [-0.39, 0.29) is 25.4 Å². The minimum atomic E-state index is -2.53. The van der Waals surface area contributed by atoms with Crippen molar-refractivity contribution in [2.24, 2.45) is 5.92 Å². The van der Waals surface area contributed by atoms with E-state index in [1.165, 1.54) is 0 Å². The molecule has 0 bridgehead atoms. The van der Waals surface area contributed by atoms with Crippen LogP contribution in [0.1, 0.15) is 42.7 Å². The molecule has 3 heterocycles. The van der Waals surface area contributed by atoms with E-state index < -0.39 is 5.92 Å². The minimum Gasteiger partial charge on any atom is -0.392 e. The predicted octanol–water partition coefficient (Wildman–Crippen LogP) is 6.29. The quantitative estimate of drug-likeness (QED) is 0.387. The molecule has 1 fully saturated rings. The van der Waals surface area contributed by atoms with Gasteiger partial charge in [0.1, 0.15) is 5.76 Å². The fourth-order valence-corrected chi connectivity index (χ4v) is 4.91. The lowest BCUT2D eigenvalue weighted by Crippen LogP contribution is -2.26. The van der Waals surface area contributed by atoms with Crippen molar-refractivity contribution in [3.8, 4) is 22.3 Å². The first kappa shape index (κ1) is 21.8. The summed E-state index contributed by atoms with van der Waals surface area (Å²) in [4.78, 5) is 4.82. The number of aromatic nitrogens is 3. The predicted molar refractivity (Wildman–Crippen MR) is 123 cm³/mol. The average Bonchev–Trinajstić information content (AvgIpc) is 3.34. The highest BCUT2D eigenvalue weighted by Crippen LogP contribution is 2.39. The number of nitrogens with zero attached hydrogens (tertiary/aromatic N) is 3. The fourth-order valence-electron chi connectivity index (χ4n) is 4.91. The average molecular weight is 452 g/mol. The minimum absolute atomic E-state index is 0.00655. The molecule has 0 amide bonds. The molecule has 33 heavy (non-hydrogen) atoms. The zero-order valence-electron chi connectivity index (χ0n) is 18.8. The second-order valence-electron chi connectivity index (χ2n) is 9.14. The summed E-state index contributed by atoms with van der Waals surface area (Å²) in [7, 11) is 0. The number of fused-ring (bicyclic) bond motifs is 1. The Labute approximate surface area is 191 Å². The summed E-state index contributed by atoms with van der Waals surface area (Å²) in [5.41, 5.74) is 7.33. The van der Waals surface area contributed by atoms with Crippen molar-refractivity contribution < 1.29 is 18.4 Å². The maximum Gasteiger partial charge on any atom is 0.248 e. The number of alkyl halides is 2. The number of pyridine rings is 1. The molecule has 1 aliphatic carbocycles. The van der Waals surface area contributed by atoms with E-state index >= 15 is 0 Å². The standard InChI is InChI=1S/C26H27F2N3O2/c1-16-24(17(2)33-30-16)21-11-23-25(29-12-21)22(20-5-3-19(15-32)4-6-20)14-31(23)13-18-7-9-26(27,28)10-8-18/h3-6,11-12,14,18,32H,7-10,13,15H2,1-2H3. The van der Waals surface area contributed by atoms with Crippen LogP contribution in [-0.2, 0) is 13.2 Å². The number of rotatable bonds is 5. The maximum atomic E-state index is 13.7. The number of aryl methyl sites for hydroxylation is 2. The van der Waals surface area contributed by atoms with Gasteiger partial charge in [-0.25, -0.2) is 8.78 Å². The summed E-state index contributed by atoms with van der Waals surface area (Å²) < 4.78 is 34.9. The molecule has 0 atom stereocenters. The number of halogens is 2. The molecule has 7 heteroatoms. The molecule has 1 N–H and O–H groups in total. The van der Waals surface area contributed by atoms with Crippen LogP contribution in [-0.4, -0.2) is 25.7 Å². The van der Waals surface area contributed by atoms with Gasteiger partial charge in [0.05, 0.1) is 23.3 Å². The Morgan fingerprint density at radius 1 is 1.12 bits per heavy atom. The summed E-state index contributed by atoms with van der Waals surface area (Å²) >= 11 is 0. The van der Waals surface area contributed by atoms with Crippen LogP contribution in [0, 0.1) is 19.8 Å². The van der Waals surface area contributed by atoms with Crippen LogP contribution in [0.25, 0.3) is 33.3 Å². The Kier molecular flexibility index (Phi) is 5.52. The third kappa shape index (κ3) is 4.17. The first-order valence-corrected chi connectivity index (χ1v) is 11.3. The normalized spacial score (nSPS) is 16.5. The van der Waals surface area contributed by atoms with Crippen LogP contribution >= 0.6 is 0 Å². The maximum absolute atomic E-state index is 13.7. The zero-order chi connectivity index (χ0) is 23.2. The summed E-state index contributed by atoms with van der Waals surface area (Å²) in [6.07, 6.45) is 4.86. The number of hydrogen-bond donors (Lipinski definition) is 1. The zero-order valence-corrected chi connectivity index (χ0v) is 18.8. The molecule has 3 aromatic heterocycles. The van der Waals surface area contributed by atoms with Crippen LogP contribution in [0.5, 0.6) is 0 Å². The highest BCUT2D eigenvalue weighted by atomic mass is 19.3. The Hall–Kier alpha value is -3.06. The van der Waals surface area contributed by atoms with Crippen LogP contribution < -0.4 is 0 Å². The summed E-state index contributed by atoms with van der Waals surface area (Å²) in [6.45, 7) is 4.46. The Balaban J connectivity index is 1.59. The van der Waals surface area contributed by atoms with E-state index in [0.717, 1.165) is 50.3 Å². The van der Waals surface area contributed by atoms with Gasteiger partial charge in [-0.2, -0.15) is 0 Å². The lowest BCUT2D eigenvalue weighted by Gasteiger charge is -2.28. The molecule has 5 rings (SSSR count). The van der Waals surface area contributed by atoms with Gasteiger partial charge < -0.3 is 14.2 Å². The van der Waals surface area contributed by atoms with E-state index in [0.29, 0.717) is 19.4 Å². The van der Waals surface area contributed by atoms with Gasteiger partial charge in [-0.05, 0) is 49.8 Å². The van der Waals surface area contributed by atoms with Crippen molar-refractivity contribution in [2.75, 3.05) is 0 Å². The third-order valence-corrected chi connectivity index (χ3v) is 6.78. The van der Waals surface area contributed by atoms with Crippen molar-refractivity contribution in [2.45, 2.75) is 58.6 Å². The van der Waals surface area contributed by atoms with E-state index in [4.69, 9.17) is 9.51 Å². The molecule has 0 aliphatic heterocycles. The summed E-state index contributed by atoms with van der Waals surface area (Å²) in [5.74, 6) is -1.60. The van der Waals surface area contributed by atoms with E-state index in [1.54, 1.807) is 0 Å². The molecule has 0 saturated heterocycles. The van der Waals surface area contributed by atoms with Gasteiger partial charge in [0.25, 0.3) is 0 Å². The highest BCUT2D eigenvalue weighted by Gasteiger charge is 2.35. The molecule has 0 spiro atoms. The molecule has 1 saturated carbocycles.